The molecule has 86 valence electrons. The Balaban J connectivity index is 1.99. The van der Waals surface area contributed by atoms with Crippen LogP contribution in [0.3, 0.4) is 0 Å². The quantitative estimate of drug-likeness (QED) is 0.533. The molecule has 1 aromatic heterocycles. The lowest BCUT2D eigenvalue weighted by Gasteiger charge is -2.14. The van der Waals surface area contributed by atoms with Crippen LogP contribution in [0.5, 0.6) is 6.01 Å². The minimum Gasteiger partial charge on any atom is -0.454 e. The Hall–Kier alpha value is -1.44. The van der Waals surface area contributed by atoms with Crippen LogP contribution in [-0.4, -0.2) is 44.7 Å². The highest BCUT2D eigenvalue weighted by Crippen LogP contribution is 2.38. The Kier molecular flexibility index (Phi) is 2.00. The van der Waals surface area contributed by atoms with Gasteiger partial charge in [0.2, 0.25) is 0 Å². The molecular formula is C9H11N3O4. The van der Waals surface area contributed by atoms with E-state index in [-0.39, 0.29) is 18.1 Å². The lowest BCUT2D eigenvalue weighted by Crippen LogP contribution is -2.34. The molecule has 3 heterocycles. The Bertz CT molecular complexity index is 474. The summed E-state index contributed by atoms with van der Waals surface area (Å²) in [7, 11) is 0. The summed E-state index contributed by atoms with van der Waals surface area (Å²) < 4.78 is 12.5. The third kappa shape index (κ3) is 1.19. The summed E-state index contributed by atoms with van der Waals surface area (Å²) in [5.41, 5.74) is 0.0967. The first-order valence-corrected chi connectivity index (χ1v) is 4.95. The van der Waals surface area contributed by atoms with E-state index >= 15 is 0 Å². The van der Waals surface area contributed by atoms with Crippen molar-refractivity contribution in [1.82, 2.24) is 9.55 Å². The fraction of sp³-hybridized carbons (Fsp3) is 0.556. The highest BCUT2D eigenvalue weighted by molar-refractivity contribution is 5.10. The van der Waals surface area contributed by atoms with Crippen LogP contribution in [0.1, 0.15) is 6.23 Å². The molecule has 0 aliphatic carbocycles. The lowest BCUT2D eigenvalue weighted by molar-refractivity contribution is -0.0434. The fourth-order valence-electron chi connectivity index (χ4n) is 2.04. The number of rotatable bonds is 1. The molecular weight excluding hydrogens is 214 g/mol. The van der Waals surface area contributed by atoms with E-state index < -0.39 is 24.5 Å². The molecule has 16 heavy (non-hydrogen) atoms. The summed E-state index contributed by atoms with van der Waals surface area (Å²) in [5.74, 6) is 0. The Morgan fingerprint density at radius 3 is 3.12 bits per heavy atom. The van der Waals surface area contributed by atoms with Gasteiger partial charge >= 0.3 is 6.01 Å². The second-order valence-corrected chi connectivity index (χ2v) is 3.82. The molecule has 0 unspecified atom stereocenters. The molecule has 0 aromatic carbocycles. The summed E-state index contributed by atoms with van der Waals surface area (Å²) in [6.45, 7) is -0.253. The van der Waals surface area contributed by atoms with Gasteiger partial charge in [-0.25, -0.2) is 0 Å². The predicted molar refractivity (Wildman–Crippen MR) is 49.5 cm³/mol. The van der Waals surface area contributed by atoms with Crippen molar-refractivity contribution in [3.8, 4) is 6.01 Å². The summed E-state index contributed by atoms with van der Waals surface area (Å²) in [6.07, 6.45) is -0.930. The van der Waals surface area contributed by atoms with Crippen LogP contribution in [0.25, 0.3) is 0 Å². The SMILES string of the molecule is N=c1ccn2c(n1)O[C@H]1[C@@H](O)[C@H](CO)O[C@@H]12. The molecule has 7 heteroatoms. The highest BCUT2D eigenvalue weighted by Gasteiger charge is 2.50. The number of fused-ring (bicyclic) bond motifs is 3. The van der Waals surface area contributed by atoms with Gasteiger partial charge in [0.1, 0.15) is 12.2 Å². The molecule has 1 aromatic rings. The van der Waals surface area contributed by atoms with Crippen molar-refractivity contribution in [1.29, 1.82) is 5.41 Å². The maximum absolute atomic E-state index is 9.80. The van der Waals surface area contributed by atoms with Crippen LogP contribution in [-0.2, 0) is 4.74 Å². The number of hydrogen-bond acceptors (Lipinski definition) is 6. The Labute approximate surface area is 90.4 Å². The average Bonchev–Trinajstić information content (AvgIpc) is 2.75. The van der Waals surface area contributed by atoms with Crippen LogP contribution in [0.2, 0.25) is 0 Å². The summed E-state index contributed by atoms with van der Waals surface area (Å²) in [5, 5.41) is 26.1. The van der Waals surface area contributed by atoms with Crippen LogP contribution in [0, 0.1) is 5.41 Å². The molecule has 7 nitrogen and oxygen atoms in total. The standard InChI is InChI=1S/C9H11N3O4/c10-5-1-2-12-8-7(16-9(12)11-5)6(14)4(3-13)15-8/h1-2,4,6-8,10,13-14H,3H2/t4-,6-,7-,8-/m0/s1. The lowest BCUT2D eigenvalue weighted by atomic mass is 10.1. The number of nitrogens with zero attached hydrogens (tertiary/aromatic N) is 2. The first-order valence-electron chi connectivity index (χ1n) is 4.95. The number of aromatic nitrogens is 2. The van der Waals surface area contributed by atoms with Crippen LogP contribution >= 0.6 is 0 Å². The largest absolute Gasteiger partial charge is 0.454 e. The zero-order valence-electron chi connectivity index (χ0n) is 8.28. The molecule has 1 saturated heterocycles. The smallest absolute Gasteiger partial charge is 0.301 e. The maximum atomic E-state index is 9.80. The number of aliphatic hydroxyl groups excluding tert-OH is 2. The first kappa shape index (κ1) is 9.76. The van der Waals surface area contributed by atoms with Gasteiger partial charge in [-0.3, -0.25) is 9.98 Å². The zero-order valence-corrected chi connectivity index (χ0v) is 8.28. The molecule has 1 fully saturated rings. The zero-order chi connectivity index (χ0) is 11.3. The number of aliphatic hydroxyl groups is 2. The second-order valence-electron chi connectivity index (χ2n) is 3.82. The third-order valence-electron chi connectivity index (χ3n) is 2.84. The molecule has 3 rings (SSSR count). The van der Waals surface area contributed by atoms with E-state index in [0.717, 1.165) is 0 Å². The highest BCUT2D eigenvalue weighted by atomic mass is 16.6. The first-order chi connectivity index (χ1) is 7.70. The van der Waals surface area contributed by atoms with E-state index in [9.17, 15) is 5.11 Å². The van der Waals surface area contributed by atoms with Gasteiger partial charge in [0, 0.05) is 6.20 Å². The van der Waals surface area contributed by atoms with Gasteiger partial charge < -0.3 is 19.7 Å². The summed E-state index contributed by atoms with van der Waals surface area (Å²) in [4.78, 5) is 3.88. The summed E-state index contributed by atoms with van der Waals surface area (Å²) in [6, 6.07) is 1.77. The van der Waals surface area contributed by atoms with Crippen LogP contribution in [0.15, 0.2) is 12.3 Å². The van der Waals surface area contributed by atoms with Gasteiger partial charge in [-0.15, -0.1) is 0 Å². The van der Waals surface area contributed by atoms with E-state index in [2.05, 4.69) is 4.98 Å². The topological polar surface area (TPSA) is 101 Å². The molecule has 0 radical (unpaired) electrons. The predicted octanol–water partition coefficient (Wildman–Crippen LogP) is -1.63. The van der Waals surface area contributed by atoms with Crippen molar-refractivity contribution in [2.75, 3.05) is 6.61 Å². The number of hydrogen-bond donors (Lipinski definition) is 3. The number of ether oxygens (including phenoxy) is 2. The van der Waals surface area contributed by atoms with Crippen LogP contribution in [0.4, 0.5) is 0 Å². The van der Waals surface area contributed by atoms with Crippen molar-refractivity contribution in [3.63, 3.8) is 0 Å². The van der Waals surface area contributed by atoms with E-state index in [1.165, 1.54) is 6.07 Å². The molecule has 4 atom stereocenters. The molecule has 2 aliphatic heterocycles. The van der Waals surface area contributed by atoms with E-state index in [1.807, 2.05) is 0 Å². The average molecular weight is 225 g/mol. The minimum atomic E-state index is -0.883. The van der Waals surface area contributed by atoms with Crippen molar-refractivity contribution in [3.05, 3.63) is 17.8 Å². The third-order valence-corrected chi connectivity index (χ3v) is 2.84. The molecule has 0 spiro atoms. The molecule has 2 aliphatic rings. The van der Waals surface area contributed by atoms with E-state index in [4.69, 9.17) is 20.0 Å². The van der Waals surface area contributed by atoms with Gasteiger partial charge in [0.15, 0.2) is 17.8 Å². The van der Waals surface area contributed by atoms with Gasteiger partial charge in [-0.05, 0) is 6.07 Å². The van der Waals surface area contributed by atoms with E-state index in [0.29, 0.717) is 0 Å². The molecule has 3 N–H and O–H groups in total. The second kappa shape index (κ2) is 3.27. The van der Waals surface area contributed by atoms with Gasteiger partial charge in [-0.2, -0.15) is 4.98 Å². The van der Waals surface area contributed by atoms with Gasteiger partial charge in [0.25, 0.3) is 0 Å². The monoisotopic (exact) mass is 225 g/mol. The van der Waals surface area contributed by atoms with Crippen molar-refractivity contribution in [2.24, 2.45) is 0 Å². The molecule has 0 bridgehead atoms. The van der Waals surface area contributed by atoms with E-state index in [1.54, 1.807) is 10.8 Å². The normalized spacial score (nSPS) is 35.6. The minimum absolute atomic E-state index is 0.0967. The number of nitrogens with one attached hydrogen (secondary N) is 1. The fourth-order valence-corrected chi connectivity index (χ4v) is 2.04. The molecule has 0 saturated carbocycles. The maximum Gasteiger partial charge on any atom is 0.301 e. The van der Waals surface area contributed by atoms with Crippen LogP contribution < -0.4 is 10.2 Å². The van der Waals surface area contributed by atoms with Gasteiger partial charge in [-0.1, -0.05) is 0 Å². The van der Waals surface area contributed by atoms with Crippen molar-refractivity contribution >= 4 is 0 Å². The van der Waals surface area contributed by atoms with Crippen molar-refractivity contribution in [2.45, 2.75) is 24.5 Å². The Morgan fingerprint density at radius 2 is 2.38 bits per heavy atom. The summed E-state index contributed by atoms with van der Waals surface area (Å²) >= 11 is 0. The Morgan fingerprint density at radius 1 is 1.56 bits per heavy atom. The molecule has 0 amide bonds. The van der Waals surface area contributed by atoms with Crippen molar-refractivity contribution < 1.29 is 19.7 Å². The van der Waals surface area contributed by atoms with Gasteiger partial charge in [0.05, 0.1) is 6.61 Å².